The van der Waals surface area contributed by atoms with Crippen molar-refractivity contribution >= 4 is 34.2 Å². The number of aromatic nitrogens is 8. The van der Waals surface area contributed by atoms with Gasteiger partial charge in [0.15, 0.2) is 23.8 Å². The van der Waals surface area contributed by atoms with Gasteiger partial charge in [0.2, 0.25) is 5.51 Å². The Hall–Kier alpha value is -5.28. The van der Waals surface area contributed by atoms with Crippen LogP contribution in [0.5, 0.6) is 0 Å². The molecule has 0 radical (unpaired) electrons. The first-order valence-corrected chi connectivity index (χ1v) is 17.4. The highest BCUT2D eigenvalue weighted by Crippen LogP contribution is 2.24. The van der Waals surface area contributed by atoms with E-state index >= 15 is 0 Å². The van der Waals surface area contributed by atoms with E-state index in [4.69, 9.17) is 21.1 Å². The molecule has 2 aliphatic heterocycles. The van der Waals surface area contributed by atoms with Crippen LogP contribution in [0.3, 0.4) is 0 Å². The van der Waals surface area contributed by atoms with Crippen molar-refractivity contribution in [2.45, 2.75) is 65.5 Å². The number of pyridine rings is 1. The number of nitrogens with one attached hydrogen (secondary N) is 1. The second-order valence-electron chi connectivity index (χ2n) is 12.2. The van der Waals surface area contributed by atoms with Gasteiger partial charge in [-0.3, -0.25) is 14.8 Å². The van der Waals surface area contributed by atoms with Crippen LogP contribution in [0.1, 0.15) is 43.4 Å². The van der Waals surface area contributed by atoms with Gasteiger partial charge in [-0.2, -0.15) is 9.55 Å². The number of hydrogen-bond donors (Lipinski definition) is 8. The van der Waals surface area contributed by atoms with Crippen LogP contribution in [0.2, 0.25) is 0 Å². The summed E-state index contributed by atoms with van der Waals surface area (Å²) in [5.74, 6) is 0.223. The Labute approximate surface area is 324 Å². The lowest BCUT2D eigenvalue weighted by molar-refractivity contribution is -0.689. The van der Waals surface area contributed by atoms with Crippen LogP contribution in [0.4, 0.5) is 5.82 Å². The van der Waals surface area contributed by atoms with Crippen molar-refractivity contribution in [2.24, 2.45) is 0 Å². The molecular formula is C35H42ClN9O9S. The summed E-state index contributed by atoms with van der Waals surface area (Å²) in [7, 11) is 0. The van der Waals surface area contributed by atoms with Crippen molar-refractivity contribution < 1.29 is 52.4 Å². The monoisotopic (exact) mass is 799 g/mol. The number of rotatable bonds is 10. The van der Waals surface area contributed by atoms with Crippen LogP contribution in [-0.2, 0) is 19.5 Å². The van der Waals surface area contributed by atoms with Gasteiger partial charge >= 0.3 is 11.7 Å². The third-order valence-electron chi connectivity index (χ3n) is 8.33. The molecule has 0 saturated heterocycles. The van der Waals surface area contributed by atoms with Crippen molar-refractivity contribution in [2.75, 3.05) is 18.9 Å². The maximum atomic E-state index is 12.2. The fourth-order valence-electron chi connectivity index (χ4n) is 5.15. The maximum Gasteiger partial charge on any atom is 0.349 e. The summed E-state index contributed by atoms with van der Waals surface area (Å²) in [6.07, 6.45) is 0.631. The smallest absolute Gasteiger partial charge is 0.349 e. The molecule has 0 unspecified atom stereocenters. The minimum atomic E-state index is -1.64. The van der Waals surface area contributed by atoms with Crippen LogP contribution in [0.25, 0.3) is 22.6 Å². The fraction of sp³-hybridized carbons (Fsp3) is 0.343. The largest absolute Gasteiger partial charge is 1.00 e. The summed E-state index contributed by atoms with van der Waals surface area (Å²) in [6, 6.07) is 6.61. The molecule has 9 N–H and O–H groups in total. The number of carboxylic acids is 1. The highest BCUT2D eigenvalue weighted by molar-refractivity contribution is 7.09. The average molecular weight is 800 g/mol. The molecule has 0 bridgehead atoms. The number of carbonyl (C=O) groups is 1. The number of carboxylic acid groups (broad SMARTS) is 1. The third kappa shape index (κ3) is 11.1. The number of hydrogen-bond acceptors (Lipinski definition) is 15. The Balaban J connectivity index is 0.000000249. The SMILES string of the molecule is Cc1cc2nc3c(=O)[nH]c(=O)nc-3n(C[C@H](O)[C@H](O)[C@H](O)CO)c2cc1C.Cc1ncc(C[n+]2csc(CCO)c2C)c(N)n1.O=C(O)c1cccnc1.[Cl-]. The first kappa shape index (κ1) is 44.1. The lowest BCUT2D eigenvalue weighted by atomic mass is 10.1. The van der Waals surface area contributed by atoms with E-state index < -0.39 is 42.1 Å². The number of fused-ring (bicyclic) bond motifs is 2. The summed E-state index contributed by atoms with van der Waals surface area (Å²) in [4.78, 5) is 57.3. The molecule has 2 aliphatic rings. The number of nitrogens with two attached hydrogens (primary N) is 1. The first-order valence-electron chi connectivity index (χ1n) is 16.5. The van der Waals surface area contributed by atoms with Gasteiger partial charge in [0.25, 0.3) is 5.56 Å². The Morgan fingerprint density at radius 2 is 1.73 bits per heavy atom. The lowest BCUT2D eigenvalue weighted by Crippen LogP contribution is -3.00. The second-order valence-corrected chi connectivity index (χ2v) is 13.1. The van der Waals surface area contributed by atoms with Crippen LogP contribution >= 0.6 is 11.3 Å². The molecule has 4 aromatic rings. The standard InChI is InChI=1S/C17H20N4O6.C12H17N4OS.C6H5NO2.ClH/c1-7-3-9-10(4-8(7)2)21(5-11(23)14(25)12(24)6-22)15-13(18-9)16(26)20-17(27)19-15;1-8-11(3-4-17)18-7-16(8)6-10-5-14-9(2)15-12(10)13;8-6(9)5-2-1-3-7-4-5;/h3-4,11-12,14,22-25H,5-6H2,1-2H3,(H,20,26,27);5,7,17H,3-4,6H2,1-2H3,(H2,13,14,15);1-4H,(H,8,9);1H/q;+1;;/p-1/t11-,12+,14-;;;/m0.../s1. The lowest BCUT2D eigenvalue weighted by Gasteiger charge is -2.25. The molecule has 0 amide bonds. The van der Waals surface area contributed by atoms with E-state index in [1.54, 1.807) is 35.7 Å². The van der Waals surface area contributed by atoms with Crippen molar-refractivity contribution in [3.05, 3.63) is 108 Å². The summed E-state index contributed by atoms with van der Waals surface area (Å²) >= 11 is 1.65. The summed E-state index contributed by atoms with van der Waals surface area (Å²) in [5, 5.41) is 56.1. The van der Waals surface area contributed by atoms with E-state index in [9.17, 15) is 29.7 Å². The van der Waals surface area contributed by atoms with Crippen molar-refractivity contribution in [3.8, 4) is 11.5 Å². The zero-order valence-corrected chi connectivity index (χ0v) is 31.9. The van der Waals surface area contributed by atoms with Crippen molar-refractivity contribution in [3.63, 3.8) is 0 Å². The second kappa shape index (κ2) is 19.9. The average Bonchev–Trinajstić information content (AvgIpc) is 3.48. The predicted octanol–water partition coefficient (Wildman–Crippen LogP) is -3.33. The number of benzene rings is 1. The number of aliphatic hydroxyl groups is 5. The molecule has 0 fully saturated rings. The van der Waals surface area contributed by atoms with Crippen LogP contribution in [0.15, 0.2) is 58.0 Å². The molecule has 20 heteroatoms. The van der Waals surface area contributed by atoms with E-state index in [1.807, 2.05) is 33.2 Å². The Morgan fingerprint density at radius 1 is 1.02 bits per heavy atom. The molecule has 294 valence electrons. The number of aromatic amines is 1. The van der Waals surface area contributed by atoms with Gasteiger partial charge in [0.1, 0.15) is 30.0 Å². The van der Waals surface area contributed by atoms with E-state index in [0.29, 0.717) is 35.6 Å². The van der Waals surface area contributed by atoms with Crippen molar-refractivity contribution in [1.29, 1.82) is 0 Å². The molecule has 0 saturated carbocycles. The summed E-state index contributed by atoms with van der Waals surface area (Å²) in [6.45, 7) is 7.44. The highest BCUT2D eigenvalue weighted by atomic mass is 35.5. The molecule has 3 atom stereocenters. The number of aliphatic hydroxyl groups excluding tert-OH is 5. The molecule has 1 aromatic carbocycles. The minimum Gasteiger partial charge on any atom is -1.00 e. The van der Waals surface area contributed by atoms with Gasteiger partial charge in [-0.05, 0) is 56.2 Å². The zero-order valence-electron chi connectivity index (χ0n) is 30.3. The predicted molar refractivity (Wildman–Crippen MR) is 197 cm³/mol. The van der Waals surface area contributed by atoms with Crippen LogP contribution in [0, 0.1) is 27.7 Å². The summed E-state index contributed by atoms with van der Waals surface area (Å²) in [5.41, 5.74) is 11.3. The molecule has 6 rings (SSSR count). The zero-order chi connectivity index (χ0) is 39.7. The molecule has 18 nitrogen and oxygen atoms in total. The number of aromatic carboxylic acids is 1. The number of thiazole rings is 1. The van der Waals surface area contributed by atoms with Crippen LogP contribution in [-0.4, -0.2) is 103 Å². The summed E-state index contributed by atoms with van der Waals surface area (Å²) < 4.78 is 3.51. The molecule has 55 heavy (non-hydrogen) atoms. The van der Waals surface area contributed by atoms with Gasteiger partial charge in [-0.15, -0.1) is 0 Å². The van der Waals surface area contributed by atoms with Gasteiger partial charge in [-0.1, -0.05) is 11.3 Å². The first-order chi connectivity index (χ1) is 25.6. The van der Waals surface area contributed by atoms with Gasteiger partial charge < -0.3 is 53.3 Å². The molecular weight excluding hydrogens is 758 g/mol. The van der Waals surface area contributed by atoms with Gasteiger partial charge in [-0.25, -0.2) is 24.5 Å². The van der Waals surface area contributed by atoms with E-state index in [0.717, 1.165) is 22.4 Å². The normalized spacial score (nSPS) is 12.5. The van der Waals surface area contributed by atoms with Crippen LogP contribution < -0.4 is 34.0 Å². The van der Waals surface area contributed by atoms with E-state index in [-0.39, 0.29) is 42.6 Å². The molecule has 3 aromatic heterocycles. The number of halogens is 1. The maximum absolute atomic E-state index is 12.2. The molecule has 5 heterocycles. The fourth-order valence-corrected chi connectivity index (χ4v) is 6.13. The minimum absolute atomic E-state index is 0. The highest BCUT2D eigenvalue weighted by Gasteiger charge is 2.27. The van der Waals surface area contributed by atoms with E-state index in [1.165, 1.54) is 27.9 Å². The Kier molecular flexibility index (Phi) is 15.9. The van der Waals surface area contributed by atoms with Crippen molar-refractivity contribution in [1.82, 2.24) is 34.5 Å². The topological polar surface area (TPSA) is 288 Å². The Morgan fingerprint density at radius 3 is 2.33 bits per heavy atom. The van der Waals surface area contributed by atoms with Gasteiger partial charge in [0, 0.05) is 38.5 Å². The number of anilines is 1. The number of H-pyrrole nitrogens is 1. The van der Waals surface area contributed by atoms with Gasteiger partial charge in [0.05, 0.1) is 40.2 Å². The third-order valence-corrected chi connectivity index (χ3v) is 9.48. The molecule has 0 aliphatic carbocycles. The number of nitrogen functional groups attached to an aromatic ring is 1. The van der Waals surface area contributed by atoms with E-state index in [2.05, 4.69) is 34.5 Å². The number of aryl methyl sites for hydroxylation is 3. The Bertz CT molecular complexity index is 2300. The quantitative estimate of drug-likeness (QED) is 0.0497. The molecule has 0 spiro atoms. The number of nitrogens with zero attached hydrogens (tertiary/aromatic N) is 7.